The zero-order chi connectivity index (χ0) is 19.5. The van der Waals surface area contributed by atoms with E-state index in [0.29, 0.717) is 19.8 Å². The van der Waals surface area contributed by atoms with Crippen molar-refractivity contribution in [1.82, 2.24) is 25.2 Å². The summed E-state index contributed by atoms with van der Waals surface area (Å²) in [4.78, 5) is 4.51. The second-order valence-corrected chi connectivity index (χ2v) is 6.48. The fraction of sp³-hybridized carbons (Fsp3) is 0.263. The van der Waals surface area contributed by atoms with Gasteiger partial charge >= 0.3 is 0 Å². The SMILES string of the molecule is COCCOc1ccccc1CN1NC(c2cnn(C)c2)=C2N=CN(N)C=C21. The van der Waals surface area contributed by atoms with E-state index in [9.17, 15) is 0 Å². The minimum Gasteiger partial charge on any atom is -0.491 e. The predicted molar refractivity (Wildman–Crippen MR) is 105 cm³/mol. The van der Waals surface area contributed by atoms with Gasteiger partial charge in [-0.1, -0.05) is 18.2 Å². The molecule has 4 rings (SSSR count). The Morgan fingerprint density at radius 2 is 2.07 bits per heavy atom. The van der Waals surface area contributed by atoms with Crippen LogP contribution in [-0.4, -0.2) is 46.5 Å². The first kappa shape index (κ1) is 18.1. The highest BCUT2D eigenvalue weighted by atomic mass is 16.5. The molecule has 3 heterocycles. The number of methoxy groups -OCH3 is 1. The highest BCUT2D eigenvalue weighted by Gasteiger charge is 2.30. The maximum Gasteiger partial charge on any atom is 0.124 e. The van der Waals surface area contributed by atoms with Gasteiger partial charge in [0.25, 0.3) is 0 Å². The smallest absolute Gasteiger partial charge is 0.124 e. The molecule has 1 aromatic carbocycles. The third-order valence-corrected chi connectivity index (χ3v) is 4.45. The van der Waals surface area contributed by atoms with Gasteiger partial charge in [-0.25, -0.2) is 10.8 Å². The fourth-order valence-corrected chi connectivity index (χ4v) is 3.12. The van der Waals surface area contributed by atoms with Crippen LogP contribution in [0.4, 0.5) is 0 Å². The first-order chi connectivity index (χ1) is 13.7. The largest absolute Gasteiger partial charge is 0.491 e. The number of hydrogen-bond donors (Lipinski definition) is 2. The van der Waals surface area contributed by atoms with Crippen LogP contribution in [-0.2, 0) is 18.3 Å². The minimum absolute atomic E-state index is 0.495. The number of para-hydroxylation sites is 1. The summed E-state index contributed by atoms with van der Waals surface area (Å²) in [6.45, 7) is 1.61. The van der Waals surface area contributed by atoms with E-state index in [1.54, 1.807) is 18.1 Å². The van der Waals surface area contributed by atoms with Crippen molar-refractivity contribution < 1.29 is 9.47 Å². The van der Waals surface area contributed by atoms with E-state index in [-0.39, 0.29) is 0 Å². The Bertz CT molecular complexity index is 947. The van der Waals surface area contributed by atoms with Crippen LogP contribution in [0.2, 0.25) is 0 Å². The summed E-state index contributed by atoms with van der Waals surface area (Å²) in [7, 11) is 3.54. The predicted octanol–water partition coefficient (Wildman–Crippen LogP) is 1.19. The Morgan fingerprint density at radius 3 is 2.86 bits per heavy atom. The number of hydrazine groups is 2. The molecule has 2 aromatic rings. The molecule has 0 saturated carbocycles. The van der Waals surface area contributed by atoms with Crippen molar-refractivity contribution in [3.8, 4) is 5.75 Å². The number of aliphatic imine (C=N–C) groups is 1. The van der Waals surface area contributed by atoms with Crippen molar-refractivity contribution in [3.63, 3.8) is 0 Å². The molecule has 0 spiro atoms. The summed E-state index contributed by atoms with van der Waals surface area (Å²) < 4.78 is 12.7. The van der Waals surface area contributed by atoms with Crippen molar-refractivity contribution in [3.05, 3.63) is 65.4 Å². The van der Waals surface area contributed by atoms with Gasteiger partial charge in [0, 0.05) is 37.7 Å². The third-order valence-electron chi connectivity index (χ3n) is 4.45. The van der Waals surface area contributed by atoms with Gasteiger partial charge in [0.05, 0.1) is 25.0 Å². The van der Waals surface area contributed by atoms with Crippen molar-refractivity contribution >= 4 is 12.0 Å². The lowest BCUT2D eigenvalue weighted by atomic mass is 10.1. The van der Waals surface area contributed by atoms with Gasteiger partial charge < -0.3 is 9.47 Å². The Kier molecular flexibility index (Phi) is 5.00. The summed E-state index contributed by atoms with van der Waals surface area (Å²) in [6, 6.07) is 7.95. The molecule has 0 aliphatic carbocycles. The van der Waals surface area contributed by atoms with E-state index in [1.807, 2.05) is 54.9 Å². The number of aryl methyl sites for hydroxylation is 1. The van der Waals surface area contributed by atoms with Crippen LogP contribution in [0, 0.1) is 0 Å². The number of hydrogen-bond acceptors (Lipinski definition) is 8. The van der Waals surface area contributed by atoms with Gasteiger partial charge in [0.15, 0.2) is 0 Å². The second-order valence-electron chi connectivity index (χ2n) is 6.48. The number of nitrogens with zero attached hydrogens (tertiary/aromatic N) is 5. The van der Waals surface area contributed by atoms with E-state index in [2.05, 4.69) is 15.5 Å². The molecule has 9 heteroatoms. The normalized spacial score (nSPS) is 15.6. The summed E-state index contributed by atoms with van der Waals surface area (Å²) in [5.41, 5.74) is 8.04. The average molecular weight is 381 g/mol. The van der Waals surface area contributed by atoms with Crippen LogP contribution in [0.5, 0.6) is 5.75 Å². The van der Waals surface area contributed by atoms with Crippen molar-refractivity contribution in [2.75, 3.05) is 20.3 Å². The number of nitrogens with one attached hydrogen (secondary N) is 1. The van der Waals surface area contributed by atoms with Gasteiger partial charge in [-0.2, -0.15) is 5.10 Å². The standard InChI is InChI=1S/C19H23N7O2/c1-24-10-15(9-22-24)18-19-16(12-25(20)13-21-19)26(23-18)11-14-5-3-4-6-17(14)28-8-7-27-2/h3-6,9-10,12-13,23H,7-8,11,20H2,1-2H3. The number of ether oxygens (including phenoxy) is 2. The molecule has 1 aromatic heterocycles. The monoisotopic (exact) mass is 381 g/mol. The molecule has 2 aliphatic rings. The van der Waals surface area contributed by atoms with Crippen molar-refractivity contribution in [2.45, 2.75) is 6.54 Å². The van der Waals surface area contributed by atoms with Crippen LogP contribution < -0.4 is 16.0 Å². The number of fused-ring (bicyclic) bond motifs is 1. The molecule has 2 aliphatic heterocycles. The van der Waals surface area contributed by atoms with E-state index in [1.165, 1.54) is 5.01 Å². The van der Waals surface area contributed by atoms with Crippen LogP contribution >= 0.6 is 0 Å². The number of nitrogens with two attached hydrogens (primary N) is 1. The molecule has 0 fully saturated rings. The highest BCUT2D eigenvalue weighted by Crippen LogP contribution is 2.34. The molecular weight excluding hydrogens is 358 g/mol. The molecule has 0 amide bonds. The van der Waals surface area contributed by atoms with Gasteiger partial charge in [0.2, 0.25) is 0 Å². The fourth-order valence-electron chi connectivity index (χ4n) is 3.12. The van der Waals surface area contributed by atoms with Crippen molar-refractivity contribution in [1.29, 1.82) is 0 Å². The first-order valence-corrected chi connectivity index (χ1v) is 8.92. The Morgan fingerprint density at radius 1 is 1.21 bits per heavy atom. The second kappa shape index (κ2) is 7.75. The molecule has 28 heavy (non-hydrogen) atoms. The maximum absolute atomic E-state index is 5.92. The Labute approximate surface area is 163 Å². The molecule has 146 valence electrons. The molecule has 9 nitrogen and oxygen atoms in total. The lowest BCUT2D eigenvalue weighted by Gasteiger charge is -2.25. The molecular formula is C19H23N7O2. The van der Waals surface area contributed by atoms with Crippen molar-refractivity contribution in [2.24, 2.45) is 17.9 Å². The summed E-state index contributed by atoms with van der Waals surface area (Å²) in [6.07, 6.45) is 7.18. The van der Waals surface area contributed by atoms with Crippen LogP contribution in [0.3, 0.4) is 0 Å². The van der Waals surface area contributed by atoms with Gasteiger partial charge in [0.1, 0.15) is 30.1 Å². The lowest BCUT2D eigenvalue weighted by Crippen LogP contribution is -2.33. The van der Waals surface area contributed by atoms with E-state index >= 15 is 0 Å². The first-order valence-electron chi connectivity index (χ1n) is 8.92. The number of benzene rings is 1. The van der Waals surface area contributed by atoms with Crippen LogP contribution in [0.15, 0.2) is 59.2 Å². The van der Waals surface area contributed by atoms with Crippen LogP contribution in [0.25, 0.3) is 5.70 Å². The van der Waals surface area contributed by atoms with Crippen LogP contribution in [0.1, 0.15) is 11.1 Å². The lowest BCUT2D eigenvalue weighted by molar-refractivity contribution is 0.145. The zero-order valence-electron chi connectivity index (χ0n) is 15.9. The van der Waals surface area contributed by atoms with E-state index < -0.39 is 0 Å². The molecule has 0 unspecified atom stereocenters. The summed E-state index contributed by atoms with van der Waals surface area (Å²) in [5.74, 6) is 6.74. The quantitative estimate of drug-likeness (QED) is 0.550. The van der Waals surface area contributed by atoms with E-state index in [4.69, 9.17) is 15.3 Å². The number of rotatable bonds is 7. The van der Waals surface area contributed by atoms with Gasteiger partial charge in [-0.05, 0) is 6.07 Å². The van der Waals surface area contributed by atoms with Gasteiger partial charge in [-0.15, -0.1) is 0 Å². The molecule has 0 radical (unpaired) electrons. The molecule has 0 atom stereocenters. The highest BCUT2D eigenvalue weighted by molar-refractivity contribution is 5.77. The Balaban J connectivity index is 1.60. The Hall–Kier alpha value is -3.30. The van der Waals surface area contributed by atoms with E-state index in [0.717, 1.165) is 34.0 Å². The van der Waals surface area contributed by atoms with Gasteiger partial charge in [-0.3, -0.25) is 20.1 Å². The summed E-state index contributed by atoms with van der Waals surface area (Å²) >= 11 is 0. The minimum atomic E-state index is 0.495. The summed E-state index contributed by atoms with van der Waals surface area (Å²) in [5, 5.41) is 7.72. The third kappa shape index (κ3) is 3.57. The maximum atomic E-state index is 5.92. The topological polar surface area (TPSA) is 93.2 Å². The average Bonchev–Trinajstić information content (AvgIpc) is 3.27. The number of aromatic nitrogens is 2. The zero-order valence-corrected chi connectivity index (χ0v) is 15.9. The molecule has 0 saturated heterocycles. The molecule has 3 N–H and O–H groups in total. The molecule has 0 bridgehead atoms.